The van der Waals surface area contributed by atoms with Gasteiger partial charge in [-0.05, 0) is 58.3 Å². The molecule has 100 valence electrons. The van der Waals surface area contributed by atoms with E-state index in [1.165, 1.54) is 12.8 Å². The fraction of sp³-hybridized carbons (Fsp3) is 0.933. The summed E-state index contributed by atoms with van der Waals surface area (Å²) in [6.07, 6.45) is 6.35. The zero-order chi connectivity index (χ0) is 13.1. The second-order valence-electron chi connectivity index (χ2n) is 6.62. The summed E-state index contributed by atoms with van der Waals surface area (Å²) in [6, 6.07) is 0. The molecular formula is C15H28O2. The minimum Gasteiger partial charge on any atom is -0.459 e. The van der Waals surface area contributed by atoms with Crippen LogP contribution in [0.3, 0.4) is 0 Å². The summed E-state index contributed by atoms with van der Waals surface area (Å²) in [7, 11) is 0. The van der Waals surface area contributed by atoms with E-state index in [0.717, 1.165) is 25.7 Å². The van der Waals surface area contributed by atoms with Gasteiger partial charge in [-0.25, -0.2) is 0 Å². The van der Waals surface area contributed by atoms with Gasteiger partial charge in [0.2, 0.25) is 0 Å². The third-order valence-electron chi connectivity index (χ3n) is 3.94. The van der Waals surface area contributed by atoms with Crippen LogP contribution in [0.15, 0.2) is 0 Å². The second-order valence-corrected chi connectivity index (χ2v) is 6.62. The third kappa shape index (κ3) is 3.72. The first kappa shape index (κ1) is 14.5. The molecule has 1 saturated carbocycles. The Bertz CT molecular complexity index is 260. The van der Waals surface area contributed by atoms with E-state index >= 15 is 0 Å². The highest BCUT2D eigenvalue weighted by molar-refractivity contribution is 5.76. The number of esters is 1. The largest absolute Gasteiger partial charge is 0.459 e. The van der Waals surface area contributed by atoms with Gasteiger partial charge in [0.05, 0.1) is 5.41 Å². The minimum absolute atomic E-state index is 0.00468. The molecule has 0 amide bonds. The summed E-state index contributed by atoms with van der Waals surface area (Å²) in [6.45, 7) is 10.5. The molecule has 0 saturated heterocycles. The van der Waals surface area contributed by atoms with Gasteiger partial charge in [-0.1, -0.05) is 20.8 Å². The van der Waals surface area contributed by atoms with Gasteiger partial charge in [-0.2, -0.15) is 0 Å². The molecule has 1 rings (SSSR count). The number of ether oxygens (including phenoxy) is 1. The summed E-state index contributed by atoms with van der Waals surface area (Å²) < 4.78 is 5.87. The molecule has 0 bridgehead atoms. The Morgan fingerprint density at radius 1 is 1.29 bits per heavy atom. The quantitative estimate of drug-likeness (QED) is 0.669. The lowest BCUT2D eigenvalue weighted by Crippen LogP contribution is -2.38. The topological polar surface area (TPSA) is 26.3 Å². The molecule has 0 aliphatic heterocycles. The minimum atomic E-state index is -0.348. The highest BCUT2D eigenvalue weighted by Gasteiger charge is 2.40. The Labute approximate surface area is 106 Å². The lowest BCUT2D eigenvalue weighted by atomic mass is 9.83. The molecule has 2 heteroatoms. The molecule has 0 heterocycles. The highest BCUT2D eigenvalue weighted by Crippen LogP contribution is 2.38. The Morgan fingerprint density at radius 2 is 1.82 bits per heavy atom. The van der Waals surface area contributed by atoms with E-state index in [0.29, 0.717) is 5.92 Å². The van der Waals surface area contributed by atoms with Crippen LogP contribution in [0.2, 0.25) is 0 Å². The van der Waals surface area contributed by atoms with Crippen LogP contribution in [-0.4, -0.2) is 11.6 Å². The van der Waals surface area contributed by atoms with Gasteiger partial charge in [-0.15, -0.1) is 0 Å². The van der Waals surface area contributed by atoms with Crippen molar-refractivity contribution in [2.45, 2.75) is 78.7 Å². The normalized spacial score (nSPS) is 19.6. The van der Waals surface area contributed by atoms with Gasteiger partial charge in [0, 0.05) is 0 Å². The zero-order valence-electron chi connectivity index (χ0n) is 12.1. The van der Waals surface area contributed by atoms with Gasteiger partial charge >= 0.3 is 5.97 Å². The summed E-state index contributed by atoms with van der Waals surface area (Å²) >= 11 is 0. The van der Waals surface area contributed by atoms with Crippen LogP contribution >= 0.6 is 0 Å². The van der Waals surface area contributed by atoms with Crippen molar-refractivity contribution in [3.8, 4) is 0 Å². The molecule has 1 fully saturated rings. The Hall–Kier alpha value is -0.530. The average Bonchev–Trinajstić information content (AvgIpc) is 2.65. The number of hydrogen-bond acceptors (Lipinski definition) is 2. The molecule has 2 nitrogen and oxygen atoms in total. The van der Waals surface area contributed by atoms with Crippen molar-refractivity contribution < 1.29 is 9.53 Å². The van der Waals surface area contributed by atoms with Crippen molar-refractivity contribution in [1.29, 1.82) is 0 Å². The highest BCUT2D eigenvalue weighted by atomic mass is 16.6. The standard InChI is InChI=1S/C15H28O2/c1-6-15(9-7-8-10-15)17-13(16)14(4,5)11-12(2)3/h12H,6-11H2,1-5H3. The number of carbonyl (C=O) groups is 1. The summed E-state index contributed by atoms with van der Waals surface area (Å²) in [5.41, 5.74) is -0.496. The maximum atomic E-state index is 12.3. The molecule has 1 aliphatic rings. The van der Waals surface area contributed by atoms with Gasteiger partial charge in [0.1, 0.15) is 5.60 Å². The second kappa shape index (κ2) is 5.41. The first-order chi connectivity index (χ1) is 7.81. The van der Waals surface area contributed by atoms with E-state index in [2.05, 4.69) is 20.8 Å². The van der Waals surface area contributed by atoms with Gasteiger partial charge in [0.25, 0.3) is 0 Å². The number of carbonyl (C=O) groups excluding carboxylic acids is 1. The molecule has 0 unspecified atom stereocenters. The first-order valence-corrected chi connectivity index (χ1v) is 7.05. The fourth-order valence-corrected chi connectivity index (χ4v) is 2.99. The molecular weight excluding hydrogens is 212 g/mol. The SMILES string of the molecule is CCC1(OC(=O)C(C)(C)CC(C)C)CCCC1. The lowest BCUT2D eigenvalue weighted by molar-refractivity contribution is -0.171. The fourth-order valence-electron chi connectivity index (χ4n) is 2.99. The van der Waals surface area contributed by atoms with Crippen molar-refractivity contribution in [2.75, 3.05) is 0 Å². The van der Waals surface area contributed by atoms with E-state index in [1.54, 1.807) is 0 Å². The van der Waals surface area contributed by atoms with Crippen LogP contribution in [0.25, 0.3) is 0 Å². The van der Waals surface area contributed by atoms with E-state index in [1.807, 2.05) is 13.8 Å². The summed E-state index contributed by atoms with van der Waals surface area (Å²) in [4.78, 5) is 12.3. The first-order valence-electron chi connectivity index (χ1n) is 7.05. The Balaban J connectivity index is 2.64. The maximum Gasteiger partial charge on any atom is 0.312 e. The van der Waals surface area contributed by atoms with Crippen LogP contribution < -0.4 is 0 Å². The maximum absolute atomic E-state index is 12.3. The number of rotatable bonds is 5. The van der Waals surface area contributed by atoms with Gasteiger partial charge in [0.15, 0.2) is 0 Å². The summed E-state index contributed by atoms with van der Waals surface area (Å²) in [5, 5.41) is 0. The Morgan fingerprint density at radius 3 is 2.24 bits per heavy atom. The molecule has 17 heavy (non-hydrogen) atoms. The molecule has 0 aromatic rings. The van der Waals surface area contributed by atoms with E-state index < -0.39 is 0 Å². The lowest BCUT2D eigenvalue weighted by Gasteiger charge is -2.33. The van der Waals surface area contributed by atoms with Crippen LogP contribution in [0, 0.1) is 11.3 Å². The van der Waals surface area contributed by atoms with Crippen molar-refractivity contribution in [3.63, 3.8) is 0 Å². The average molecular weight is 240 g/mol. The predicted molar refractivity (Wildman–Crippen MR) is 70.8 cm³/mol. The van der Waals surface area contributed by atoms with Crippen LogP contribution in [0.4, 0.5) is 0 Å². The van der Waals surface area contributed by atoms with Crippen molar-refractivity contribution >= 4 is 5.97 Å². The van der Waals surface area contributed by atoms with E-state index in [-0.39, 0.29) is 17.0 Å². The Kier molecular flexibility index (Phi) is 4.62. The molecule has 0 radical (unpaired) electrons. The predicted octanol–water partition coefficient (Wildman–Crippen LogP) is 4.32. The van der Waals surface area contributed by atoms with Crippen molar-refractivity contribution in [2.24, 2.45) is 11.3 Å². The van der Waals surface area contributed by atoms with E-state index in [9.17, 15) is 4.79 Å². The zero-order valence-corrected chi connectivity index (χ0v) is 12.1. The molecule has 0 aromatic carbocycles. The van der Waals surface area contributed by atoms with Gasteiger partial charge < -0.3 is 4.74 Å². The van der Waals surface area contributed by atoms with E-state index in [4.69, 9.17) is 4.74 Å². The molecule has 0 aromatic heterocycles. The molecule has 0 atom stereocenters. The number of hydrogen-bond donors (Lipinski definition) is 0. The van der Waals surface area contributed by atoms with Crippen LogP contribution in [-0.2, 0) is 9.53 Å². The van der Waals surface area contributed by atoms with Crippen molar-refractivity contribution in [1.82, 2.24) is 0 Å². The van der Waals surface area contributed by atoms with Crippen LogP contribution in [0.5, 0.6) is 0 Å². The molecule has 1 aliphatic carbocycles. The van der Waals surface area contributed by atoms with Gasteiger partial charge in [-0.3, -0.25) is 4.79 Å². The smallest absolute Gasteiger partial charge is 0.312 e. The third-order valence-corrected chi connectivity index (χ3v) is 3.94. The van der Waals surface area contributed by atoms with Crippen molar-refractivity contribution in [3.05, 3.63) is 0 Å². The van der Waals surface area contributed by atoms with Crippen LogP contribution in [0.1, 0.15) is 73.1 Å². The summed E-state index contributed by atoms with van der Waals surface area (Å²) in [5.74, 6) is 0.522. The monoisotopic (exact) mass is 240 g/mol. The molecule has 0 N–H and O–H groups in total. The molecule has 0 spiro atoms.